The molecular weight excluding hydrogens is 238 g/mol. The summed E-state index contributed by atoms with van der Waals surface area (Å²) in [5.74, 6) is 0. The fraction of sp³-hybridized carbons (Fsp3) is 0.800. The summed E-state index contributed by atoms with van der Waals surface area (Å²) in [6, 6.07) is 0.784. The van der Waals surface area contributed by atoms with Crippen molar-refractivity contribution in [2.45, 2.75) is 66.1 Å². The number of rotatable bonds is 8. The van der Waals surface area contributed by atoms with Gasteiger partial charge in [-0.1, -0.05) is 27.7 Å². The van der Waals surface area contributed by atoms with Crippen molar-refractivity contribution < 1.29 is 4.74 Å². The van der Waals surface area contributed by atoms with Gasteiger partial charge in [0.05, 0.1) is 18.3 Å². The Kier molecular flexibility index (Phi) is 6.52. The predicted octanol–water partition coefficient (Wildman–Crippen LogP) is 2.71. The molecule has 1 atom stereocenters. The largest absolute Gasteiger partial charge is 0.382 e. The molecule has 0 bridgehead atoms. The van der Waals surface area contributed by atoms with Crippen molar-refractivity contribution in [1.29, 1.82) is 0 Å². The first-order valence-electron chi connectivity index (χ1n) is 7.36. The molecule has 0 saturated heterocycles. The topological polar surface area (TPSA) is 39.1 Å². The SMILES string of the molecule is CCc1nn(C(C)COC)c(CC)c1CNC(C)C. The second-order valence-corrected chi connectivity index (χ2v) is 5.36. The molecule has 0 aromatic carbocycles. The lowest BCUT2D eigenvalue weighted by Crippen LogP contribution is -2.23. The third kappa shape index (κ3) is 4.05. The molecule has 4 heteroatoms. The van der Waals surface area contributed by atoms with Crippen LogP contribution < -0.4 is 5.32 Å². The Labute approximate surface area is 117 Å². The Morgan fingerprint density at radius 1 is 1.21 bits per heavy atom. The lowest BCUT2D eigenvalue weighted by atomic mass is 10.1. The standard InChI is InChI=1S/C15H29N3O/c1-7-14-13(9-16-11(3)4)15(8-2)18(17-14)12(5)10-19-6/h11-12,16H,7-10H2,1-6H3. The van der Waals surface area contributed by atoms with E-state index in [9.17, 15) is 0 Å². The van der Waals surface area contributed by atoms with Gasteiger partial charge in [0.1, 0.15) is 0 Å². The van der Waals surface area contributed by atoms with Crippen LogP contribution in [0.1, 0.15) is 57.6 Å². The fourth-order valence-electron chi connectivity index (χ4n) is 2.40. The summed E-state index contributed by atoms with van der Waals surface area (Å²) >= 11 is 0. The van der Waals surface area contributed by atoms with Gasteiger partial charge in [0.15, 0.2) is 0 Å². The monoisotopic (exact) mass is 267 g/mol. The van der Waals surface area contributed by atoms with Crippen molar-refractivity contribution in [1.82, 2.24) is 15.1 Å². The van der Waals surface area contributed by atoms with E-state index in [4.69, 9.17) is 9.84 Å². The van der Waals surface area contributed by atoms with Gasteiger partial charge >= 0.3 is 0 Å². The summed E-state index contributed by atoms with van der Waals surface area (Å²) < 4.78 is 7.41. The first-order valence-corrected chi connectivity index (χ1v) is 7.36. The molecule has 1 aromatic heterocycles. The molecule has 1 aromatic rings. The van der Waals surface area contributed by atoms with E-state index in [0.29, 0.717) is 12.6 Å². The molecule has 0 amide bonds. The third-order valence-corrected chi connectivity index (χ3v) is 3.38. The summed E-state index contributed by atoms with van der Waals surface area (Å²) in [7, 11) is 1.74. The summed E-state index contributed by atoms with van der Waals surface area (Å²) in [6.07, 6.45) is 1.99. The predicted molar refractivity (Wildman–Crippen MR) is 79.5 cm³/mol. The van der Waals surface area contributed by atoms with Gasteiger partial charge in [-0.15, -0.1) is 0 Å². The Morgan fingerprint density at radius 2 is 1.89 bits per heavy atom. The maximum atomic E-state index is 5.26. The number of hydrogen-bond donors (Lipinski definition) is 1. The second kappa shape index (κ2) is 7.65. The van der Waals surface area contributed by atoms with Gasteiger partial charge in [-0.2, -0.15) is 5.10 Å². The van der Waals surface area contributed by atoms with Gasteiger partial charge < -0.3 is 10.1 Å². The average Bonchev–Trinajstić information content (AvgIpc) is 2.74. The Hall–Kier alpha value is -0.870. The molecule has 110 valence electrons. The molecule has 0 fully saturated rings. The molecule has 1 N–H and O–H groups in total. The van der Waals surface area contributed by atoms with Crippen LogP contribution in [0.15, 0.2) is 0 Å². The highest BCUT2D eigenvalue weighted by molar-refractivity contribution is 5.27. The minimum absolute atomic E-state index is 0.290. The van der Waals surface area contributed by atoms with Gasteiger partial charge in [0.2, 0.25) is 0 Å². The highest BCUT2D eigenvalue weighted by atomic mass is 16.5. The van der Waals surface area contributed by atoms with Crippen LogP contribution in [-0.2, 0) is 24.1 Å². The zero-order chi connectivity index (χ0) is 14.4. The quantitative estimate of drug-likeness (QED) is 0.787. The number of aryl methyl sites for hydroxylation is 1. The maximum Gasteiger partial charge on any atom is 0.0727 e. The van der Waals surface area contributed by atoms with Crippen molar-refractivity contribution in [3.8, 4) is 0 Å². The average molecular weight is 267 g/mol. The van der Waals surface area contributed by atoms with E-state index < -0.39 is 0 Å². The molecule has 0 radical (unpaired) electrons. The molecular formula is C15H29N3O. The van der Waals surface area contributed by atoms with Gasteiger partial charge in [-0.05, 0) is 19.8 Å². The number of nitrogens with zero attached hydrogens (tertiary/aromatic N) is 2. The zero-order valence-electron chi connectivity index (χ0n) is 13.3. The first-order chi connectivity index (χ1) is 9.04. The van der Waals surface area contributed by atoms with Crippen molar-refractivity contribution in [3.63, 3.8) is 0 Å². The molecule has 0 saturated carbocycles. The molecule has 0 aliphatic rings. The van der Waals surface area contributed by atoms with Crippen molar-refractivity contribution in [3.05, 3.63) is 17.0 Å². The Balaban J connectivity index is 3.05. The van der Waals surface area contributed by atoms with Crippen LogP contribution in [0, 0.1) is 0 Å². The minimum atomic E-state index is 0.290. The lowest BCUT2D eigenvalue weighted by Gasteiger charge is -2.15. The van der Waals surface area contributed by atoms with Gasteiger partial charge in [-0.3, -0.25) is 4.68 Å². The van der Waals surface area contributed by atoms with Gasteiger partial charge in [-0.25, -0.2) is 0 Å². The molecule has 19 heavy (non-hydrogen) atoms. The fourth-order valence-corrected chi connectivity index (χ4v) is 2.40. The van der Waals surface area contributed by atoms with E-state index in [1.165, 1.54) is 17.0 Å². The summed E-state index contributed by atoms with van der Waals surface area (Å²) in [5, 5.41) is 8.30. The van der Waals surface area contributed by atoms with Crippen LogP contribution in [0.25, 0.3) is 0 Å². The van der Waals surface area contributed by atoms with Crippen LogP contribution in [0.5, 0.6) is 0 Å². The Bertz CT molecular complexity index is 385. The lowest BCUT2D eigenvalue weighted by molar-refractivity contribution is 0.155. The van der Waals surface area contributed by atoms with E-state index in [0.717, 1.165) is 19.4 Å². The number of methoxy groups -OCH3 is 1. The molecule has 0 aliphatic heterocycles. The number of hydrogen-bond acceptors (Lipinski definition) is 3. The van der Waals surface area contributed by atoms with Crippen LogP contribution >= 0.6 is 0 Å². The number of nitrogens with one attached hydrogen (secondary N) is 1. The smallest absolute Gasteiger partial charge is 0.0727 e. The van der Waals surface area contributed by atoms with Crippen LogP contribution in [0.2, 0.25) is 0 Å². The highest BCUT2D eigenvalue weighted by Gasteiger charge is 2.18. The second-order valence-electron chi connectivity index (χ2n) is 5.36. The maximum absolute atomic E-state index is 5.26. The van der Waals surface area contributed by atoms with Crippen LogP contribution in [0.4, 0.5) is 0 Å². The molecule has 1 rings (SSSR count). The molecule has 4 nitrogen and oxygen atoms in total. The first kappa shape index (κ1) is 16.2. The van der Waals surface area contributed by atoms with E-state index in [2.05, 4.69) is 44.6 Å². The molecule has 0 aliphatic carbocycles. The number of aromatic nitrogens is 2. The molecule has 0 spiro atoms. The van der Waals surface area contributed by atoms with Crippen molar-refractivity contribution in [2.24, 2.45) is 0 Å². The number of ether oxygens (including phenoxy) is 1. The third-order valence-electron chi connectivity index (χ3n) is 3.38. The zero-order valence-corrected chi connectivity index (χ0v) is 13.3. The Morgan fingerprint density at radius 3 is 2.37 bits per heavy atom. The van der Waals surface area contributed by atoms with E-state index in [1.807, 2.05) is 0 Å². The van der Waals surface area contributed by atoms with Gasteiger partial charge in [0.25, 0.3) is 0 Å². The minimum Gasteiger partial charge on any atom is -0.382 e. The highest BCUT2D eigenvalue weighted by Crippen LogP contribution is 2.20. The van der Waals surface area contributed by atoms with Gasteiger partial charge in [0, 0.05) is 31.0 Å². The normalized spacial score (nSPS) is 13.2. The van der Waals surface area contributed by atoms with Crippen molar-refractivity contribution in [2.75, 3.05) is 13.7 Å². The molecule has 1 heterocycles. The van der Waals surface area contributed by atoms with Crippen molar-refractivity contribution >= 4 is 0 Å². The van der Waals surface area contributed by atoms with E-state index in [1.54, 1.807) is 7.11 Å². The molecule has 1 unspecified atom stereocenters. The van der Waals surface area contributed by atoms with E-state index in [-0.39, 0.29) is 6.04 Å². The summed E-state index contributed by atoms with van der Waals surface area (Å²) in [5.41, 5.74) is 3.93. The van der Waals surface area contributed by atoms with Crippen LogP contribution in [-0.4, -0.2) is 29.5 Å². The summed E-state index contributed by atoms with van der Waals surface area (Å²) in [4.78, 5) is 0. The summed E-state index contributed by atoms with van der Waals surface area (Å²) in [6.45, 7) is 12.5. The van der Waals surface area contributed by atoms with Crippen LogP contribution in [0.3, 0.4) is 0 Å². The van der Waals surface area contributed by atoms with E-state index >= 15 is 0 Å².